The molecule has 1 amide bonds. The lowest BCUT2D eigenvalue weighted by atomic mass is 9.66. The van der Waals surface area contributed by atoms with E-state index >= 15 is 0 Å². The van der Waals surface area contributed by atoms with Gasteiger partial charge >= 0.3 is 0 Å². The number of carbonyl (C=O) groups is 1. The molecule has 2 saturated carbocycles. The van der Waals surface area contributed by atoms with Crippen molar-refractivity contribution in [1.29, 1.82) is 0 Å². The molecule has 2 aliphatic carbocycles. The Balaban J connectivity index is 1.95. The van der Waals surface area contributed by atoms with Gasteiger partial charge in [-0.05, 0) is 25.2 Å². The Labute approximate surface area is 103 Å². The summed E-state index contributed by atoms with van der Waals surface area (Å²) in [5, 5.41) is 2.94. The molecule has 3 rings (SSSR count). The van der Waals surface area contributed by atoms with Crippen molar-refractivity contribution in [3.63, 3.8) is 0 Å². The molecule has 0 aromatic rings. The van der Waals surface area contributed by atoms with Gasteiger partial charge in [-0.1, -0.05) is 19.9 Å². The number of amides is 1. The Morgan fingerprint density at radius 2 is 2.35 bits per heavy atom. The van der Waals surface area contributed by atoms with Crippen LogP contribution in [0.15, 0.2) is 12.7 Å². The molecule has 0 aromatic carbocycles. The van der Waals surface area contributed by atoms with Crippen LogP contribution in [0.5, 0.6) is 0 Å². The third-order valence-electron chi connectivity index (χ3n) is 5.97. The molecule has 1 heterocycles. The summed E-state index contributed by atoms with van der Waals surface area (Å²) < 4.78 is 5.99. The van der Waals surface area contributed by atoms with Crippen LogP contribution in [-0.4, -0.2) is 24.7 Å². The molecule has 17 heavy (non-hydrogen) atoms. The van der Waals surface area contributed by atoms with Crippen molar-refractivity contribution >= 4 is 5.91 Å². The molecule has 1 saturated heterocycles. The van der Waals surface area contributed by atoms with Crippen LogP contribution in [0, 0.1) is 16.7 Å². The second-order valence-electron chi connectivity index (χ2n) is 6.30. The third-order valence-corrected chi connectivity index (χ3v) is 5.97. The molecule has 0 radical (unpaired) electrons. The zero-order valence-corrected chi connectivity index (χ0v) is 10.7. The van der Waals surface area contributed by atoms with E-state index in [1.54, 1.807) is 6.08 Å². The predicted molar refractivity (Wildman–Crippen MR) is 65.4 cm³/mol. The van der Waals surface area contributed by atoms with Crippen LogP contribution in [0.1, 0.15) is 33.1 Å². The van der Waals surface area contributed by atoms with Crippen LogP contribution in [0.2, 0.25) is 0 Å². The molecule has 1 N–H and O–H groups in total. The molecule has 3 aliphatic rings. The van der Waals surface area contributed by atoms with Crippen LogP contribution >= 0.6 is 0 Å². The van der Waals surface area contributed by atoms with Gasteiger partial charge in [-0.2, -0.15) is 0 Å². The standard InChI is InChI=1S/C14H21NO2/c1-4-7-15-11(16)14-8-10-5-6-13(14,3)12(10,2)9-17-14/h4,10H,1,5-9H2,2-3H3,(H,15,16)/t10-,12+,13-,14+/m1/s1. The highest BCUT2D eigenvalue weighted by Gasteiger charge is 2.78. The van der Waals surface area contributed by atoms with Gasteiger partial charge in [0.2, 0.25) is 0 Å². The molecular formula is C14H21NO2. The number of rotatable bonds is 3. The van der Waals surface area contributed by atoms with E-state index < -0.39 is 5.60 Å². The van der Waals surface area contributed by atoms with Gasteiger partial charge < -0.3 is 10.1 Å². The fraction of sp³-hybridized carbons (Fsp3) is 0.786. The first-order chi connectivity index (χ1) is 8.00. The van der Waals surface area contributed by atoms with E-state index in [0.29, 0.717) is 12.5 Å². The second-order valence-corrected chi connectivity index (χ2v) is 6.30. The van der Waals surface area contributed by atoms with Gasteiger partial charge in [0.25, 0.3) is 5.91 Å². The third kappa shape index (κ3) is 1.00. The van der Waals surface area contributed by atoms with Gasteiger partial charge in [0.15, 0.2) is 5.60 Å². The number of hydrogen-bond acceptors (Lipinski definition) is 2. The van der Waals surface area contributed by atoms with Crippen LogP contribution in [0.25, 0.3) is 0 Å². The average Bonchev–Trinajstić information content (AvgIpc) is 2.78. The summed E-state index contributed by atoms with van der Waals surface area (Å²) in [7, 11) is 0. The molecule has 1 aliphatic heterocycles. The lowest BCUT2D eigenvalue weighted by molar-refractivity contribution is -0.155. The quantitative estimate of drug-likeness (QED) is 0.759. The fourth-order valence-corrected chi connectivity index (χ4v) is 4.57. The van der Waals surface area contributed by atoms with E-state index in [0.717, 1.165) is 19.4 Å². The maximum atomic E-state index is 12.4. The van der Waals surface area contributed by atoms with Crippen molar-refractivity contribution in [1.82, 2.24) is 5.32 Å². The normalized spacial score (nSPS) is 50.6. The molecule has 4 bridgehead atoms. The van der Waals surface area contributed by atoms with E-state index in [2.05, 4.69) is 25.7 Å². The van der Waals surface area contributed by atoms with Gasteiger partial charge in [0, 0.05) is 17.4 Å². The highest BCUT2D eigenvalue weighted by Crippen LogP contribution is 2.74. The van der Waals surface area contributed by atoms with Crippen molar-refractivity contribution in [3.8, 4) is 0 Å². The molecule has 3 fully saturated rings. The minimum Gasteiger partial charge on any atom is -0.364 e. The Kier molecular flexibility index (Phi) is 2.08. The number of hydrogen-bond donors (Lipinski definition) is 1. The zero-order chi connectivity index (χ0) is 12.3. The first-order valence-corrected chi connectivity index (χ1v) is 6.53. The van der Waals surface area contributed by atoms with Gasteiger partial charge in [0.05, 0.1) is 6.61 Å². The predicted octanol–water partition coefficient (Wildman–Crippen LogP) is 1.88. The van der Waals surface area contributed by atoms with Gasteiger partial charge in [-0.15, -0.1) is 6.58 Å². The molecule has 0 unspecified atom stereocenters. The maximum Gasteiger partial charge on any atom is 0.253 e. The van der Waals surface area contributed by atoms with Gasteiger partial charge in [0.1, 0.15) is 0 Å². The van der Waals surface area contributed by atoms with Gasteiger partial charge in [-0.25, -0.2) is 0 Å². The first kappa shape index (κ1) is 11.3. The molecule has 0 spiro atoms. The smallest absolute Gasteiger partial charge is 0.253 e. The lowest BCUT2D eigenvalue weighted by Crippen LogP contribution is -2.55. The van der Waals surface area contributed by atoms with E-state index in [1.165, 1.54) is 6.42 Å². The molecule has 0 aromatic heterocycles. The second kappa shape index (κ2) is 3.14. The molecule has 94 valence electrons. The van der Waals surface area contributed by atoms with E-state index in [1.807, 2.05) is 0 Å². The van der Waals surface area contributed by atoms with Crippen LogP contribution in [0.3, 0.4) is 0 Å². The minimum atomic E-state index is -0.562. The average molecular weight is 235 g/mol. The van der Waals surface area contributed by atoms with Crippen LogP contribution in [-0.2, 0) is 9.53 Å². The van der Waals surface area contributed by atoms with Crippen molar-refractivity contribution in [2.45, 2.75) is 38.7 Å². The van der Waals surface area contributed by atoms with Gasteiger partial charge in [-0.3, -0.25) is 4.79 Å². The monoisotopic (exact) mass is 235 g/mol. The Morgan fingerprint density at radius 1 is 1.59 bits per heavy atom. The maximum absolute atomic E-state index is 12.4. The summed E-state index contributed by atoms with van der Waals surface area (Å²) in [4.78, 5) is 12.4. The summed E-state index contributed by atoms with van der Waals surface area (Å²) in [6.45, 7) is 9.47. The number of nitrogens with one attached hydrogen (secondary N) is 1. The summed E-state index contributed by atoms with van der Waals surface area (Å²) in [6.07, 6.45) is 5.00. The summed E-state index contributed by atoms with van der Waals surface area (Å²) in [6, 6.07) is 0. The Bertz CT molecular complexity index is 394. The van der Waals surface area contributed by atoms with Crippen molar-refractivity contribution < 1.29 is 9.53 Å². The molecule has 4 atom stereocenters. The summed E-state index contributed by atoms with van der Waals surface area (Å²) >= 11 is 0. The van der Waals surface area contributed by atoms with E-state index in [9.17, 15) is 4.79 Å². The SMILES string of the molecule is C=CCNC(=O)[C@@]12C[C@H]3CC[C@]1(C)[C@@]3(C)CO2. The minimum absolute atomic E-state index is 0.0237. The Morgan fingerprint density at radius 3 is 2.94 bits per heavy atom. The van der Waals surface area contributed by atoms with E-state index in [-0.39, 0.29) is 16.7 Å². The number of carbonyl (C=O) groups excluding carboxylic acids is 1. The van der Waals surface area contributed by atoms with Crippen molar-refractivity contribution in [2.24, 2.45) is 16.7 Å². The molecule has 3 nitrogen and oxygen atoms in total. The highest BCUT2D eigenvalue weighted by atomic mass is 16.5. The fourth-order valence-electron chi connectivity index (χ4n) is 4.57. The number of ether oxygens (including phenoxy) is 1. The lowest BCUT2D eigenvalue weighted by Gasteiger charge is -2.39. The highest BCUT2D eigenvalue weighted by molar-refractivity contribution is 5.88. The first-order valence-electron chi connectivity index (χ1n) is 6.53. The molecule has 3 heteroatoms. The van der Waals surface area contributed by atoms with Crippen molar-refractivity contribution in [3.05, 3.63) is 12.7 Å². The van der Waals surface area contributed by atoms with Crippen LogP contribution in [0.4, 0.5) is 0 Å². The van der Waals surface area contributed by atoms with Crippen molar-refractivity contribution in [2.75, 3.05) is 13.2 Å². The Hall–Kier alpha value is -0.830. The topological polar surface area (TPSA) is 38.3 Å². The zero-order valence-electron chi connectivity index (χ0n) is 10.7. The largest absolute Gasteiger partial charge is 0.364 e. The van der Waals surface area contributed by atoms with Crippen LogP contribution < -0.4 is 5.32 Å². The summed E-state index contributed by atoms with van der Waals surface area (Å²) in [5.74, 6) is 0.738. The van der Waals surface area contributed by atoms with E-state index in [4.69, 9.17) is 4.74 Å². The summed E-state index contributed by atoms with van der Waals surface area (Å²) in [5.41, 5.74) is -0.331. The molecular weight excluding hydrogens is 214 g/mol.